The minimum atomic E-state index is -0.335. The lowest BCUT2D eigenvalue weighted by molar-refractivity contribution is 0.0526. The van der Waals surface area contributed by atoms with Crippen LogP contribution in [0.4, 0.5) is 11.4 Å². The zero-order valence-electron chi connectivity index (χ0n) is 13.9. The maximum atomic E-state index is 11.6. The van der Waals surface area contributed by atoms with Gasteiger partial charge in [-0.25, -0.2) is 4.79 Å². The van der Waals surface area contributed by atoms with Crippen LogP contribution in [0.25, 0.3) is 0 Å². The van der Waals surface area contributed by atoms with Crippen LogP contribution < -0.4 is 15.4 Å². The van der Waals surface area contributed by atoms with Crippen molar-refractivity contribution in [3.05, 3.63) is 53.6 Å². The minimum absolute atomic E-state index is 0.335. The number of hydrogen-bond donors (Lipinski definition) is 2. The minimum Gasteiger partial charge on any atom is -0.497 e. The van der Waals surface area contributed by atoms with Gasteiger partial charge in [0, 0.05) is 11.4 Å². The number of aryl methyl sites for hydroxylation is 1. The maximum absolute atomic E-state index is 11.6. The molecule has 0 saturated carbocycles. The maximum Gasteiger partial charge on any atom is 0.338 e. The summed E-state index contributed by atoms with van der Waals surface area (Å²) in [5.74, 6) is 0.463. The Bertz CT molecular complexity index is 730. The van der Waals surface area contributed by atoms with Crippen molar-refractivity contribution in [2.45, 2.75) is 13.8 Å². The van der Waals surface area contributed by atoms with Gasteiger partial charge >= 0.3 is 5.97 Å². The van der Waals surface area contributed by atoms with Crippen molar-refractivity contribution < 1.29 is 14.3 Å². The Morgan fingerprint density at radius 2 is 1.83 bits per heavy atom. The summed E-state index contributed by atoms with van der Waals surface area (Å²) in [6, 6.07) is 12.7. The first kappa shape index (κ1) is 17.7. The largest absolute Gasteiger partial charge is 0.497 e. The van der Waals surface area contributed by atoms with Crippen LogP contribution in [0.3, 0.4) is 0 Å². The van der Waals surface area contributed by atoms with Gasteiger partial charge in [-0.15, -0.1) is 0 Å². The van der Waals surface area contributed by atoms with E-state index in [0.29, 0.717) is 17.3 Å². The molecule has 0 radical (unpaired) electrons. The Morgan fingerprint density at radius 3 is 2.42 bits per heavy atom. The molecule has 0 fully saturated rings. The molecule has 0 amide bonds. The Morgan fingerprint density at radius 1 is 1.12 bits per heavy atom. The second kappa shape index (κ2) is 8.31. The predicted molar refractivity (Wildman–Crippen MR) is 100.0 cm³/mol. The molecule has 2 N–H and O–H groups in total. The van der Waals surface area contributed by atoms with E-state index < -0.39 is 0 Å². The van der Waals surface area contributed by atoms with Crippen molar-refractivity contribution in [3.63, 3.8) is 0 Å². The zero-order valence-corrected chi connectivity index (χ0v) is 14.7. The molecule has 6 heteroatoms. The van der Waals surface area contributed by atoms with Crippen LogP contribution in [0.2, 0.25) is 0 Å². The molecule has 0 spiro atoms. The van der Waals surface area contributed by atoms with Gasteiger partial charge in [0.1, 0.15) is 5.75 Å². The number of thiocarbonyl (C=S) groups is 1. The Hall–Kier alpha value is -2.60. The number of anilines is 2. The molecule has 126 valence electrons. The van der Waals surface area contributed by atoms with Crippen LogP contribution in [0.1, 0.15) is 22.8 Å². The van der Waals surface area contributed by atoms with Crippen molar-refractivity contribution in [1.82, 2.24) is 0 Å². The SMILES string of the molecule is CCOC(=O)c1ccc(NC(=S)Nc2ccc(OC)cc2C)cc1. The van der Waals surface area contributed by atoms with E-state index in [4.69, 9.17) is 21.7 Å². The van der Waals surface area contributed by atoms with Crippen LogP contribution in [-0.2, 0) is 4.74 Å². The van der Waals surface area contributed by atoms with Gasteiger partial charge in [-0.05, 0) is 74.1 Å². The highest BCUT2D eigenvalue weighted by Gasteiger charge is 2.07. The summed E-state index contributed by atoms with van der Waals surface area (Å²) in [5.41, 5.74) is 3.21. The second-order valence-electron chi connectivity index (χ2n) is 5.06. The highest BCUT2D eigenvalue weighted by molar-refractivity contribution is 7.80. The molecule has 2 aromatic rings. The Balaban J connectivity index is 1.98. The smallest absolute Gasteiger partial charge is 0.338 e. The van der Waals surface area contributed by atoms with E-state index >= 15 is 0 Å². The molecule has 5 nitrogen and oxygen atoms in total. The van der Waals surface area contributed by atoms with E-state index in [0.717, 1.165) is 22.7 Å². The summed E-state index contributed by atoms with van der Waals surface area (Å²) in [7, 11) is 1.63. The van der Waals surface area contributed by atoms with E-state index in [1.807, 2.05) is 25.1 Å². The van der Waals surface area contributed by atoms with E-state index in [-0.39, 0.29) is 5.97 Å². The van der Waals surface area contributed by atoms with Crippen LogP contribution in [-0.4, -0.2) is 24.8 Å². The molecule has 0 bridgehead atoms. The summed E-state index contributed by atoms with van der Waals surface area (Å²) in [4.78, 5) is 11.6. The first-order chi connectivity index (χ1) is 11.5. The molecule has 2 aromatic carbocycles. The quantitative estimate of drug-likeness (QED) is 0.632. The number of ether oxygens (including phenoxy) is 2. The molecule has 0 aliphatic rings. The number of carbonyl (C=O) groups excluding carboxylic acids is 1. The van der Waals surface area contributed by atoms with Gasteiger partial charge in [-0.3, -0.25) is 0 Å². The van der Waals surface area contributed by atoms with Crippen molar-refractivity contribution in [2.24, 2.45) is 0 Å². The van der Waals surface area contributed by atoms with Crippen LogP contribution in [0.15, 0.2) is 42.5 Å². The van der Waals surface area contributed by atoms with Gasteiger partial charge in [0.25, 0.3) is 0 Å². The molecule has 0 atom stereocenters. The molecule has 0 aromatic heterocycles. The van der Waals surface area contributed by atoms with Crippen LogP contribution in [0.5, 0.6) is 5.75 Å². The summed E-state index contributed by atoms with van der Waals surface area (Å²) >= 11 is 5.32. The number of benzene rings is 2. The Labute approximate surface area is 147 Å². The van der Waals surface area contributed by atoms with E-state index in [2.05, 4.69) is 10.6 Å². The first-order valence-corrected chi connectivity index (χ1v) is 7.94. The standard InChI is InChI=1S/C18H20N2O3S/c1-4-23-17(21)13-5-7-14(8-6-13)19-18(24)20-16-10-9-15(22-3)11-12(16)2/h5-11H,4H2,1-3H3,(H2,19,20,24). The molecule has 24 heavy (non-hydrogen) atoms. The number of nitrogens with one attached hydrogen (secondary N) is 2. The average Bonchev–Trinajstić information content (AvgIpc) is 2.57. The molecule has 0 aliphatic heterocycles. The number of hydrogen-bond acceptors (Lipinski definition) is 4. The van der Waals surface area contributed by atoms with Gasteiger partial charge in [0.05, 0.1) is 19.3 Å². The molecule has 0 aliphatic carbocycles. The third-order valence-corrected chi connectivity index (χ3v) is 3.54. The summed E-state index contributed by atoms with van der Waals surface area (Å²) in [6.07, 6.45) is 0. The van der Waals surface area contributed by atoms with E-state index in [9.17, 15) is 4.79 Å². The normalized spacial score (nSPS) is 9.96. The lowest BCUT2D eigenvalue weighted by Crippen LogP contribution is -2.19. The number of rotatable bonds is 5. The lowest BCUT2D eigenvalue weighted by Gasteiger charge is -2.13. The predicted octanol–water partition coefficient (Wildman–Crippen LogP) is 3.99. The lowest BCUT2D eigenvalue weighted by atomic mass is 10.2. The van der Waals surface area contributed by atoms with Gasteiger partial charge in [0.2, 0.25) is 0 Å². The highest BCUT2D eigenvalue weighted by Crippen LogP contribution is 2.21. The summed E-state index contributed by atoms with van der Waals surface area (Å²) < 4.78 is 10.1. The third-order valence-electron chi connectivity index (χ3n) is 3.34. The average molecular weight is 344 g/mol. The summed E-state index contributed by atoms with van der Waals surface area (Å²) in [6.45, 7) is 4.11. The molecule has 0 unspecified atom stereocenters. The van der Waals surface area contributed by atoms with Crippen LogP contribution in [0, 0.1) is 6.92 Å². The third kappa shape index (κ3) is 4.70. The monoisotopic (exact) mass is 344 g/mol. The topological polar surface area (TPSA) is 59.6 Å². The number of esters is 1. The molecule has 2 rings (SSSR count). The fourth-order valence-corrected chi connectivity index (χ4v) is 2.32. The van der Waals surface area contributed by atoms with Gasteiger partial charge in [-0.2, -0.15) is 0 Å². The molecular formula is C18H20N2O3S. The molecule has 0 saturated heterocycles. The summed E-state index contributed by atoms with van der Waals surface area (Å²) in [5, 5.41) is 6.69. The fourth-order valence-electron chi connectivity index (χ4n) is 2.09. The highest BCUT2D eigenvalue weighted by atomic mass is 32.1. The van der Waals surface area contributed by atoms with Crippen molar-refractivity contribution in [3.8, 4) is 5.75 Å². The van der Waals surface area contributed by atoms with E-state index in [1.165, 1.54) is 0 Å². The fraction of sp³-hybridized carbons (Fsp3) is 0.222. The Kier molecular flexibility index (Phi) is 6.14. The zero-order chi connectivity index (χ0) is 17.5. The molecule has 0 heterocycles. The van der Waals surface area contributed by atoms with Crippen LogP contribution >= 0.6 is 12.2 Å². The van der Waals surface area contributed by atoms with Gasteiger partial charge in [-0.1, -0.05) is 0 Å². The second-order valence-corrected chi connectivity index (χ2v) is 5.47. The van der Waals surface area contributed by atoms with Gasteiger partial charge in [0.15, 0.2) is 5.11 Å². The first-order valence-electron chi connectivity index (χ1n) is 7.53. The van der Waals surface area contributed by atoms with E-state index in [1.54, 1.807) is 38.3 Å². The van der Waals surface area contributed by atoms with Gasteiger partial charge < -0.3 is 20.1 Å². The molecular weight excluding hydrogens is 324 g/mol. The van der Waals surface area contributed by atoms with Crippen molar-refractivity contribution >= 4 is 34.7 Å². The van der Waals surface area contributed by atoms with Crippen molar-refractivity contribution in [1.29, 1.82) is 0 Å². The van der Waals surface area contributed by atoms with Crippen molar-refractivity contribution in [2.75, 3.05) is 24.4 Å². The number of methoxy groups -OCH3 is 1. The number of carbonyl (C=O) groups is 1.